The number of carbonyl (C=O) groups excluding carboxylic acids is 1. The summed E-state index contributed by atoms with van der Waals surface area (Å²) in [5, 5.41) is 13.6. The van der Waals surface area contributed by atoms with Gasteiger partial charge in [0.2, 0.25) is 5.91 Å². The summed E-state index contributed by atoms with van der Waals surface area (Å²) in [5.41, 5.74) is 0.877. The van der Waals surface area contributed by atoms with E-state index < -0.39 is 4.92 Å². The van der Waals surface area contributed by atoms with Crippen molar-refractivity contribution in [2.45, 2.75) is 25.6 Å². The van der Waals surface area contributed by atoms with Crippen molar-refractivity contribution in [1.29, 1.82) is 0 Å². The zero-order chi connectivity index (χ0) is 14.4. The predicted octanol–water partition coefficient (Wildman–Crippen LogP) is 3.12. The van der Waals surface area contributed by atoms with E-state index in [0.717, 1.165) is 5.56 Å². The summed E-state index contributed by atoms with van der Waals surface area (Å²) in [7, 11) is 0. The first-order valence-corrected chi connectivity index (χ1v) is 7.65. The fraction of sp³-hybridized carbons (Fsp3) is 0.417. The molecular formula is C12H15BrN2O3S. The standard InChI is InChI=1S/C12H15BrN2O3S/c1-8(2)14-12(16)7-19-6-9-3-4-10(13)11(5-9)15(17)18/h3-5,8H,6-7H2,1-2H3,(H,14,16). The van der Waals surface area contributed by atoms with Gasteiger partial charge in [-0.05, 0) is 41.4 Å². The third kappa shape index (κ3) is 5.61. The van der Waals surface area contributed by atoms with E-state index in [1.165, 1.54) is 17.8 Å². The number of halogens is 1. The summed E-state index contributed by atoms with van der Waals surface area (Å²) in [6, 6.07) is 5.12. The summed E-state index contributed by atoms with van der Waals surface area (Å²) < 4.78 is 0.462. The maximum Gasteiger partial charge on any atom is 0.283 e. The van der Waals surface area contributed by atoms with Crippen LogP contribution < -0.4 is 5.32 Å². The van der Waals surface area contributed by atoms with E-state index in [1.807, 2.05) is 19.9 Å². The largest absolute Gasteiger partial charge is 0.353 e. The molecule has 0 unspecified atom stereocenters. The monoisotopic (exact) mass is 346 g/mol. The molecule has 0 aliphatic rings. The summed E-state index contributed by atoms with van der Waals surface area (Å²) in [4.78, 5) is 21.8. The van der Waals surface area contributed by atoms with Crippen molar-refractivity contribution in [2.24, 2.45) is 0 Å². The van der Waals surface area contributed by atoms with E-state index in [2.05, 4.69) is 21.2 Å². The second kappa shape index (κ2) is 7.49. The number of nitro benzene ring substituents is 1. The van der Waals surface area contributed by atoms with E-state index >= 15 is 0 Å². The Morgan fingerprint density at radius 3 is 2.79 bits per heavy atom. The fourth-order valence-electron chi connectivity index (χ4n) is 1.41. The summed E-state index contributed by atoms with van der Waals surface area (Å²) in [5.74, 6) is 0.897. The van der Waals surface area contributed by atoms with Gasteiger partial charge in [-0.25, -0.2) is 0 Å². The maximum atomic E-state index is 11.4. The third-order valence-corrected chi connectivity index (χ3v) is 3.83. The molecule has 0 radical (unpaired) electrons. The zero-order valence-corrected chi connectivity index (χ0v) is 13.1. The number of thioether (sulfide) groups is 1. The molecule has 104 valence electrons. The average molecular weight is 347 g/mol. The van der Waals surface area contributed by atoms with E-state index in [0.29, 0.717) is 16.0 Å². The van der Waals surface area contributed by atoms with E-state index in [1.54, 1.807) is 6.07 Å². The minimum Gasteiger partial charge on any atom is -0.353 e. The molecule has 1 aromatic carbocycles. The SMILES string of the molecule is CC(C)NC(=O)CSCc1ccc(Br)c([N+](=O)[O-])c1. The van der Waals surface area contributed by atoms with Crippen LogP contribution in [0.3, 0.4) is 0 Å². The Balaban J connectivity index is 2.52. The molecule has 1 amide bonds. The van der Waals surface area contributed by atoms with Crippen molar-refractivity contribution in [3.8, 4) is 0 Å². The van der Waals surface area contributed by atoms with Gasteiger partial charge in [0.05, 0.1) is 15.1 Å². The Kier molecular flexibility index (Phi) is 6.30. The first kappa shape index (κ1) is 16.0. The molecule has 7 heteroatoms. The normalized spacial score (nSPS) is 10.5. The van der Waals surface area contributed by atoms with Gasteiger partial charge in [-0.15, -0.1) is 11.8 Å². The lowest BCUT2D eigenvalue weighted by atomic mass is 10.2. The first-order chi connectivity index (χ1) is 8.90. The number of benzene rings is 1. The number of nitrogens with one attached hydrogen (secondary N) is 1. The Hall–Kier alpha value is -1.08. The summed E-state index contributed by atoms with van der Waals surface area (Å²) in [6.45, 7) is 3.81. The quantitative estimate of drug-likeness (QED) is 0.634. The van der Waals surface area contributed by atoms with Crippen LogP contribution in [0.2, 0.25) is 0 Å². The van der Waals surface area contributed by atoms with Crippen LogP contribution in [0.1, 0.15) is 19.4 Å². The highest BCUT2D eigenvalue weighted by molar-refractivity contribution is 9.10. The molecule has 1 N–H and O–H groups in total. The van der Waals surface area contributed by atoms with Crippen molar-refractivity contribution in [3.05, 3.63) is 38.3 Å². The highest BCUT2D eigenvalue weighted by Gasteiger charge is 2.12. The summed E-state index contributed by atoms with van der Waals surface area (Å²) in [6.07, 6.45) is 0. The van der Waals surface area contributed by atoms with Crippen molar-refractivity contribution in [1.82, 2.24) is 5.32 Å². The first-order valence-electron chi connectivity index (χ1n) is 5.70. The zero-order valence-electron chi connectivity index (χ0n) is 10.7. The van der Waals surface area contributed by atoms with Gasteiger partial charge in [-0.2, -0.15) is 0 Å². The van der Waals surface area contributed by atoms with Crippen molar-refractivity contribution in [3.63, 3.8) is 0 Å². The second-order valence-corrected chi connectivity index (χ2v) is 6.10. The van der Waals surface area contributed by atoms with Crippen molar-refractivity contribution >= 4 is 39.3 Å². The Morgan fingerprint density at radius 1 is 1.53 bits per heavy atom. The number of carbonyl (C=O) groups is 1. The molecule has 0 fully saturated rings. The molecule has 0 heterocycles. The van der Waals surface area contributed by atoms with Gasteiger partial charge in [0, 0.05) is 17.9 Å². The molecule has 0 aliphatic heterocycles. The molecule has 0 aliphatic carbocycles. The van der Waals surface area contributed by atoms with E-state index in [-0.39, 0.29) is 17.6 Å². The van der Waals surface area contributed by atoms with Crippen LogP contribution in [0, 0.1) is 10.1 Å². The molecule has 1 aromatic rings. The van der Waals surface area contributed by atoms with Crippen molar-refractivity contribution in [2.75, 3.05) is 5.75 Å². The number of rotatable bonds is 6. The molecule has 0 spiro atoms. The van der Waals surface area contributed by atoms with Crippen LogP contribution in [0.4, 0.5) is 5.69 Å². The molecule has 0 bridgehead atoms. The number of nitrogens with zero attached hydrogens (tertiary/aromatic N) is 1. The minimum absolute atomic E-state index is 0.0217. The molecule has 0 saturated carbocycles. The highest BCUT2D eigenvalue weighted by atomic mass is 79.9. The maximum absolute atomic E-state index is 11.4. The minimum atomic E-state index is -0.427. The van der Waals surface area contributed by atoms with Crippen LogP contribution in [0.5, 0.6) is 0 Å². The molecule has 5 nitrogen and oxygen atoms in total. The highest BCUT2D eigenvalue weighted by Crippen LogP contribution is 2.27. The number of nitro groups is 1. The van der Waals surface area contributed by atoms with Crippen LogP contribution >= 0.6 is 27.7 Å². The summed E-state index contributed by atoms with van der Waals surface area (Å²) >= 11 is 4.57. The molecular weight excluding hydrogens is 332 g/mol. The van der Waals surface area contributed by atoms with Crippen molar-refractivity contribution < 1.29 is 9.72 Å². The average Bonchev–Trinajstić information content (AvgIpc) is 2.30. The van der Waals surface area contributed by atoms with Gasteiger partial charge >= 0.3 is 0 Å². The van der Waals surface area contributed by atoms with Gasteiger partial charge in [-0.1, -0.05) is 6.07 Å². The Morgan fingerprint density at radius 2 is 2.21 bits per heavy atom. The van der Waals surface area contributed by atoms with Crippen LogP contribution in [-0.2, 0) is 10.5 Å². The Bertz CT molecular complexity index is 480. The topological polar surface area (TPSA) is 72.2 Å². The van der Waals surface area contributed by atoms with Gasteiger partial charge in [-0.3, -0.25) is 14.9 Å². The van der Waals surface area contributed by atoms with E-state index in [4.69, 9.17) is 0 Å². The van der Waals surface area contributed by atoms with Crippen LogP contribution in [-0.4, -0.2) is 22.6 Å². The van der Waals surface area contributed by atoms with Crippen LogP contribution in [0.15, 0.2) is 22.7 Å². The Labute approximate surface area is 124 Å². The second-order valence-electron chi connectivity index (χ2n) is 4.26. The van der Waals surface area contributed by atoms with Gasteiger partial charge < -0.3 is 5.32 Å². The molecule has 0 aromatic heterocycles. The van der Waals surface area contributed by atoms with Crippen LogP contribution in [0.25, 0.3) is 0 Å². The van der Waals surface area contributed by atoms with Gasteiger partial charge in [0.1, 0.15) is 0 Å². The smallest absolute Gasteiger partial charge is 0.283 e. The number of amides is 1. The molecule has 19 heavy (non-hydrogen) atoms. The lowest BCUT2D eigenvalue weighted by Gasteiger charge is -2.08. The third-order valence-electron chi connectivity index (χ3n) is 2.16. The fourth-order valence-corrected chi connectivity index (χ4v) is 2.59. The predicted molar refractivity (Wildman–Crippen MR) is 80.2 cm³/mol. The van der Waals surface area contributed by atoms with Gasteiger partial charge in [0.25, 0.3) is 5.69 Å². The van der Waals surface area contributed by atoms with Gasteiger partial charge in [0.15, 0.2) is 0 Å². The molecule has 0 atom stereocenters. The lowest BCUT2D eigenvalue weighted by Crippen LogP contribution is -2.31. The lowest BCUT2D eigenvalue weighted by molar-refractivity contribution is -0.385. The number of hydrogen-bond donors (Lipinski definition) is 1. The molecule has 0 saturated heterocycles. The van der Waals surface area contributed by atoms with E-state index in [9.17, 15) is 14.9 Å². The molecule has 1 rings (SSSR count). The number of hydrogen-bond acceptors (Lipinski definition) is 4.